The first kappa shape index (κ1) is 20.4. The molecule has 1 atom stereocenters. The molecule has 31 heavy (non-hydrogen) atoms. The lowest BCUT2D eigenvalue weighted by Crippen LogP contribution is -2.49. The van der Waals surface area contributed by atoms with E-state index >= 15 is 0 Å². The number of carbonyl (C=O) groups excluding carboxylic acids is 1. The second kappa shape index (κ2) is 8.95. The van der Waals surface area contributed by atoms with Crippen LogP contribution in [0.3, 0.4) is 0 Å². The number of hydrogen-bond acceptors (Lipinski definition) is 5. The van der Waals surface area contributed by atoms with Gasteiger partial charge in [-0.25, -0.2) is 4.98 Å². The number of carbonyl (C=O) groups is 1. The SMILES string of the molecule is CN1CCN(C(=O)C2CCc3nc(-c4ccccc4)nc(OCC4CC4)c3CC2)CC1. The van der Waals surface area contributed by atoms with Crippen LogP contribution in [0.5, 0.6) is 5.88 Å². The second-order valence-electron chi connectivity index (χ2n) is 9.30. The topological polar surface area (TPSA) is 58.6 Å². The van der Waals surface area contributed by atoms with Crippen LogP contribution < -0.4 is 4.74 Å². The summed E-state index contributed by atoms with van der Waals surface area (Å²) in [6.07, 6.45) is 5.83. The van der Waals surface area contributed by atoms with Crippen LogP contribution >= 0.6 is 0 Å². The smallest absolute Gasteiger partial charge is 0.225 e. The molecule has 2 aliphatic carbocycles. The zero-order chi connectivity index (χ0) is 21.2. The fourth-order valence-electron chi connectivity index (χ4n) is 4.59. The highest BCUT2D eigenvalue weighted by Gasteiger charge is 2.31. The van der Waals surface area contributed by atoms with Crippen molar-refractivity contribution in [2.45, 2.75) is 38.5 Å². The van der Waals surface area contributed by atoms with Gasteiger partial charge in [-0.2, -0.15) is 4.98 Å². The highest BCUT2D eigenvalue weighted by molar-refractivity contribution is 5.79. The maximum atomic E-state index is 13.2. The number of nitrogens with zero attached hydrogens (tertiary/aromatic N) is 4. The summed E-state index contributed by atoms with van der Waals surface area (Å²) in [5, 5.41) is 0. The first-order valence-electron chi connectivity index (χ1n) is 11.7. The number of amides is 1. The Bertz CT molecular complexity index is 921. The Kier molecular flexibility index (Phi) is 5.90. The van der Waals surface area contributed by atoms with Gasteiger partial charge in [0.1, 0.15) is 0 Å². The summed E-state index contributed by atoms with van der Waals surface area (Å²) in [5.74, 6) is 2.52. The highest BCUT2D eigenvalue weighted by atomic mass is 16.5. The molecule has 0 bridgehead atoms. The molecule has 6 heteroatoms. The number of benzene rings is 1. The summed E-state index contributed by atoms with van der Waals surface area (Å²) in [5.41, 5.74) is 3.19. The molecule has 6 nitrogen and oxygen atoms in total. The van der Waals surface area contributed by atoms with E-state index in [0.717, 1.165) is 87.0 Å². The van der Waals surface area contributed by atoms with Crippen molar-refractivity contribution in [1.29, 1.82) is 0 Å². The van der Waals surface area contributed by atoms with Gasteiger partial charge in [0.15, 0.2) is 5.82 Å². The molecule has 1 aliphatic heterocycles. The standard InChI is InChI=1S/C25H32N4O2/c1-28-13-15-29(16-14-28)25(30)20-9-11-21-22(12-10-20)26-23(19-5-3-2-4-6-19)27-24(21)31-17-18-7-8-18/h2-6,18,20H,7-17H2,1H3. The van der Waals surface area contributed by atoms with Crippen LogP contribution in [0.15, 0.2) is 30.3 Å². The van der Waals surface area contributed by atoms with E-state index < -0.39 is 0 Å². The minimum atomic E-state index is 0.0639. The summed E-state index contributed by atoms with van der Waals surface area (Å²) in [4.78, 5) is 27.3. The molecule has 5 rings (SSSR count). The quantitative estimate of drug-likeness (QED) is 0.696. The molecule has 0 N–H and O–H groups in total. The highest BCUT2D eigenvalue weighted by Crippen LogP contribution is 2.34. The third-order valence-corrected chi connectivity index (χ3v) is 6.88. The Morgan fingerprint density at radius 2 is 1.74 bits per heavy atom. The number of aryl methyl sites for hydroxylation is 1. The van der Waals surface area contributed by atoms with Gasteiger partial charge in [0.25, 0.3) is 0 Å². The number of ether oxygens (including phenoxy) is 1. The number of likely N-dealkylation sites (N-methyl/N-ethyl adjacent to an activating group) is 1. The molecular formula is C25H32N4O2. The van der Waals surface area contributed by atoms with Gasteiger partial charge in [-0.1, -0.05) is 30.3 Å². The largest absolute Gasteiger partial charge is 0.477 e. The van der Waals surface area contributed by atoms with E-state index in [9.17, 15) is 4.79 Å². The summed E-state index contributed by atoms with van der Waals surface area (Å²) in [7, 11) is 2.12. The average molecular weight is 421 g/mol. The summed E-state index contributed by atoms with van der Waals surface area (Å²) in [6.45, 7) is 4.34. The van der Waals surface area contributed by atoms with Gasteiger partial charge in [-0.05, 0) is 51.5 Å². The minimum absolute atomic E-state index is 0.0639. The van der Waals surface area contributed by atoms with Crippen molar-refractivity contribution < 1.29 is 9.53 Å². The molecule has 3 aliphatic rings. The summed E-state index contributed by atoms with van der Waals surface area (Å²) < 4.78 is 6.22. The third kappa shape index (κ3) is 4.74. The molecule has 1 aromatic carbocycles. The van der Waals surface area contributed by atoms with E-state index in [4.69, 9.17) is 14.7 Å². The van der Waals surface area contributed by atoms with Gasteiger partial charge in [0, 0.05) is 43.2 Å². The average Bonchev–Trinajstić information content (AvgIpc) is 3.65. The van der Waals surface area contributed by atoms with Gasteiger partial charge in [0.2, 0.25) is 11.8 Å². The molecule has 1 aromatic heterocycles. The first-order valence-corrected chi connectivity index (χ1v) is 11.7. The van der Waals surface area contributed by atoms with Crippen molar-refractivity contribution in [2.75, 3.05) is 39.8 Å². The lowest BCUT2D eigenvalue weighted by Gasteiger charge is -2.34. The molecule has 1 saturated carbocycles. The summed E-state index contributed by atoms with van der Waals surface area (Å²) in [6, 6.07) is 10.1. The van der Waals surface area contributed by atoms with Crippen molar-refractivity contribution in [2.24, 2.45) is 11.8 Å². The van der Waals surface area contributed by atoms with Crippen molar-refractivity contribution in [3.8, 4) is 17.3 Å². The first-order chi connectivity index (χ1) is 15.2. The number of hydrogen-bond donors (Lipinski definition) is 0. The Hall–Kier alpha value is -2.47. The summed E-state index contributed by atoms with van der Waals surface area (Å²) >= 11 is 0. The Balaban J connectivity index is 1.37. The van der Waals surface area contributed by atoms with Gasteiger partial charge in [0.05, 0.1) is 12.3 Å². The molecule has 1 unspecified atom stereocenters. The fourth-order valence-corrected chi connectivity index (χ4v) is 4.59. The molecule has 1 saturated heterocycles. The van der Waals surface area contributed by atoms with Crippen LogP contribution in [-0.2, 0) is 17.6 Å². The minimum Gasteiger partial charge on any atom is -0.477 e. The number of fused-ring (bicyclic) bond motifs is 1. The van der Waals surface area contributed by atoms with E-state index in [0.29, 0.717) is 11.8 Å². The van der Waals surface area contributed by atoms with Crippen LogP contribution in [0.1, 0.15) is 36.9 Å². The Morgan fingerprint density at radius 3 is 2.48 bits per heavy atom. The van der Waals surface area contributed by atoms with E-state index in [1.54, 1.807) is 0 Å². The molecule has 164 valence electrons. The van der Waals surface area contributed by atoms with E-state index in [-0.39, 0.29) is 5.92 Å². The maximum absolute atomic E-state index is 13.2. The van der Waals surface area contributed by atoms with Crippen molar-refractivity contribution in [1.82, 2.24) is 19.8 Å². The predicted molar refractivity (Wildman–Crippen MR) is 120 cm³/mol. The lowest BCUT2D eigenvalue weighted by atomic mass is 9.97. The van der Waals surface area contributed by atoms with E-state index in [1.807, 2.05) is 30.3 Å². The molecule has 0 spiro atoms. The molecule has 2 aromatic rings. The zero-order valence-corrected chi connectivity index (χ0v) is 18.4. The van der Waals surface area contributed by atoms with Crippen LogP contribution in [0.2, 0.25) is 0 Å². The number of aromatic nitrogens is 2. The Morgan fingerprint density at radius 1 is 1.00 bits per heavy atom. The predicted octanol–water partition coefficient (Wildman–Crippen LogP) is 3.20. The molecule has 2 heterocycles. The van der Waals surface area contributed by atoms with Crippen molar-refractivity contribution in [3.63, 3.8) is 0 Å². The van der Waals surface area contributed by atoms with Crippen LogP contribution in [-0.4, -0.2) is 65.5 Å². The van der Waals surface area contributed by atoms with Gasteiger partial charge < -0.3 is 14.5 Å². The van der Waals surface area contributed by atoms with Crippen LogP contribution in [0.4, 0.5) is 0 Å². The molecular weight excluding hydrogens is 388 g/mol. The second-order valence-corrected chi connectivity index (χ2v) is 9.30. The van der Waals surface area contributed by atoms with Gasteiger partial charge in [-0.3, -0.25) is 4.79 Å². The number of rotatable bonds is 5. The molecule has 1 amide bonds. The van der Waals surface area contributed by atoms with E-state index in [1.165, 1.54) is 12.8 Å². The maximum Gasteiger partial charge on any atom is 0.225 e. The van der Waals surface area contributed by atoms with Crippen LogP contribution in [0.25, 0.3) is 11.4 Å². The van der Waals surface area contributed by atoms with E-state index in [2.05, 4.69) is 16.8 Å². The van der Waals surface area contributed by atoms with Gasteiger partial charge >= 0.3 is 0 Å². The third-order valence-electron chi connectivity index (χ3n) is 6.88. The van der Waals surface area contributed by atoms with Crippen molar-refractivity contribution >= 4 is 5.91 Å². The zero-order valence-electron chi connectivity index (χ0n) is 18.4. The molecule has 0 radical (unpaired) electrons. The van der Waals surface area contributed by atoms with Crippen LogP contribution in [0, 0.1) is 11.8 Å². The monoisotopic (exact) mass is 420 g/mol. The normalized spacial score (nSPS) is 22.0. The molecule has 2 fully saturated rings. The van der Waals surface area contributed by atoms with Crippen molar-refractivity contribution in [3.05, 3.63) is 41.6 Å². The van der Waals surface area contributed by atoms with Gasteiger partial charge in [-0.15, -0.1) is 0 Å². The number of piperazine rings is 1. The fraction of sp³-hybridized carbons (Fsp3) is 0.560. The lowest BCUT2D eigenvalue weighted by molar-refractivity contribution is -0.137. The Labute approximate surface area is 184 Å².